The molecular formula is C16H28N4O. The highest BCUT2D eigenvalue weighted by Crippen LogP contribution is 2.32. The molecule has 2 atom stereocenters. The predicted octanol–water partition coefficient (Wildman–Crippen LogP) is 3.04. The van der Waals surface area contributed by atoms with E-state index in [9.17, 15) is 0 Å². The van der Waals surface area contributed by atoms with E-state index in [2.05, 4.69) is 54.8 Å². The van der Waals surface area contributed by atoms with Gasteiger partial charge in [-0.2, -0.15) is 0 Å². The minimum absolute atomic E-state index is 0.232. The molecule has 0 radical (unpaired) electrons. The Bertz CT molecular complexity index is 454. The topological polar surface area (TPSA) is 50.3 Å². The predicted molar refractivity (Wildman–Crippen MR) is 87.1 cm³/mol. The Morgan fingerprint density at radius 3 is 2.52 bits per heavy atom. The molecule has 1 N–H and O–H groups in total. The van der Waals surface area contributed by atoms with Crippen LogP contribution in [0.1, 0.15) is 52.5 Å². The molecule has 0 aliphatic carbocycles. The van der Waals surface area contributed by atoms with Crippen molar-refractivity contribution in [3.05, 3.63) is 11.9 Å². The van der Waals surface area contributed by atoms with Crippen LogP contribution in [0.15, 0.2) is 6.33 Å². The zero-order valence-corrected chi connectivity index (χ0v) is 13.9. The van der Waals surface area contributed by atoms with Crippen LogP contribution < -0.4 is 10.2 Å². The van der Waals surface area contributed by atoms with E-state index in [-0.39, 0.29) is 12.2 Å². The summed E-state index contributed by atoms with van der Waals surface area (Å²) in [5, 5.41) is 3.44. The summed E-state index contributed by atoms with van der Waals surface area (Å²) in [5.74, 6) is 2.42. The van der Waals surface area contributed by atoms with Crippen LogP contribution in [0.4, 0.5) is 11.6 Å². The van der Waals surface area contributed by atoms with Crippen LogP contribution in [0.3, 0.4) is 0 Å². The molecule has 1 aliphatic heterocycles. The highest BCUT2D eigenvalue weighted by Gasteiger charge is 2.27. The van der Waals surface area contributed by atoms with Gasteiger partial charge in [-0.15, -0.1) is 0 Å². The van der Waals surface area contributed by atoms with Crippen LogP contribution in [-0.4, -0.2) is 41.8 Å². The fourth-order valence-corrected chi connectivity index (χ4v) is 2.91. The highest BCUT2D eigenvalue weighted by atomic mass is 16.5. The van der Waals surface area contributed by atoms with Crippen molar-refractivity contribution in [1.29, 1.82) is 0 Å². The number of ether oxygens (including phenoxy) is 1. The molecule has 0 aromatic carbocycles. The molecule has 118 valence electrons. The first kappa shape index (κ1) is 16.0. The Balaban J connectivity index is 2.33. The number of hydrogen-bond donors (Lipinski definition) is 1. The lowest BCUT2D eigenvalue weighted by atomic mass is 10.0. The van der Waals surface area contributed by atoms with Crippen molar-refractivity contribution in [3.8, 4) is 0 Å². The van der Waals surface area contributed by atoms with Crippen molar-refractivity contribution in [2.45, 2.75) is 59.2 Å². The third-order valence-electron chi connectivity index (χ3n) is 3.70. The zero-order valence-electron chi connectivity index (χ0n) is 13.9. The summed E-state index contributed by atoms with van der Waals surface area (Å²) in [6.45, 7) is 13.5. The quantitative estimate of drug-likeness (QED) is 0.904. The van der Waals surface area contributed by atoms with E-state index in [0.717, 1.165) is 37.7 Å². The van der Waals surface area contributed by atoms with Gasteiger partial charge in [-0.25, -0.2) is 9.97 Å². The highest BCUT2D eigenvalue weighted by molar-refractivity contribution is 5.60. The molecule has 1 saturated heterocycles. The van der Waals surface area contributed by atoms with E-state index in [4.69, 9.17) is 4.74 Å². The molecule has 1 aliphatic rings. The average Bonchev–Trinajstić information content (AvgIpc) is 2.43. The Morgan fingerprint density at radius 2 is 1.95 bits per heavy atom. The third-order valence-corrected chi connectivity index (χ3v) is 3.70. The molecule has 2 rings (SSSR count). The van der Waals surface area contributed by atoms with Crippen molar-refractivity contribution < 1.29 is 4.74 Å². The minimum atomic E-state index is 0.232. The van der Waals surface area contributed by atoms with Gasteiger partial charge in [-0.1, -0.05) is 20.8 Å². The van der Waals surface area contributed by atoms with Gasteiger partial charge in [0.25, 0.3) is 0 Å². The van der Waals surface area contributed by atoms with Crippen LogP contribution in [0.2, 0.25) is 0 Å². The lowest BCUT2D eigenvalue weighted by molar-refractivity contribution is -0.00552. The van der Waals surface area contributed by atoms with Crippen LogP contribution in [0.5, 0.6) is 0 Å². The van der Waals surface area contributed by atoms with Crippen molar-refractivity contribution >= 4 is 11.6 Å². The summed E-state index contributed by atoms with van der Waals surface area (Å²) in [5.41, 5.74) is 1.22. The van der Waals surface area contributed by atoms with Gasteiger partial charge in [0, 0.05) is 25.2 Å². The second-order valence-electron chi connectivity index (χ2n) is 6.20. The molecule has 1 aromatic heterocycles. The average molecular weight is 292 g/mol. The van der Waals surface area contributed by atoms with E-state index in [1.165, 1.54) is 5.56 Å². The van der Waals surface area contributed by atoms with E-state index in [0.29, 0.717) is 5.92 Å². The SMILES string of the molecule is CCCNc1ncnc(N2C[C@@H](C)O[C@@H](C)C2)c1C(C)C. The molecule has 5 heteroatoms. The summed E-state index contributed by atoms with van der Waals surface area (Å²) in [6, 6.07) is 0. The van der Waals surface area contributed by atoms with Gasteiger partial charge in [0.1, 0.15) is 18.0 Å². The first-order valence-electron chi connectivity index (χ1n) is 8.02. The smallest absolute Gasteiger partial charge is 0.137 e. The summed E-state index contributed by atoms with van der Waals surface area (Å²) < 4.78 is 5.83. The van der Waals surface area contributed by atoms with Gasteiger partial charge < -0.3 is 15.0 Å². The second-order valence-corrected chi connectivity index (χ2v) is 6.20. The van der Waals surface area contributed by atoms with Gasteiger partial charge in [-0.05, 0) is 26.2 Å². The van der Waals surface area contributed by atoms with Gasteiger partial charge in [-0.3, -0.25) is 0 Å². The first-order chi connectivity index (χ1) is 10.0. The van der Waals surface area contributed by atoms with E-state index >= 15 is 0 Å². The van der Waals surface area contributed by atoms with Crippen LogP contribution in [0.25, 0.3) is 0 Å². The number of aromatic nitrogens is 2. The Labute approximate surface area is 128 Å². The largest absolute Gasteiger partial charge is 0.372 e. The zero-order chi connectivity index (χ0) is 15.4. The van der Waals surface area contributed by atoms with Crippen LogP contribution >= 0.6 is 0 Å². The van der Waals surface area contributed by atoms with Crippen LogP contribution in [-0.2, 0) is 4.74 Å². The summed E-state index contributed by atoms with van der Waals surface area (Å²) in [6.07, 6.45) is 3.22. The van der Waals surface area contributed by atoms with E-state index in [1.807, 2.05) is 0 Å². The number of morpholine rings is 1. The van der Waals surface area contributed by atoms with Crippen molar-refractivity contribution in [2.75, 3.05) is 29.9 Å². The fraction of sp³-hybridized carbons (Fsp3) is 0.750. The normalized spacial score (nSPS) is 22.7. The maximum Gasteiger partial charge on any atom is 0.137 e. The van der Waals surface area contributed by atoms with Gasteiger partial charge in [0.05, 0.1) is 12.2 Å². The third kappa shape index (κ3) is 3.84. The van der Waals surface area contributed by atoms with E-state index in [1.54, 1.807) is 6.33 Å². The van der Waals surface area contributed by atoms with Gasteiger partial charge >= 0.3 is 0 Å². The Kier molecular flexibility index (Phi) is 5.39. The fourth-order valence-electron chi connectivity index (χ4n) is 2.91. The van der Waals surface area contributed by atoms with Gasteiger partial charge in [0.2, 0.25) is 0 Å². The molecule has 0 amide bonds. The summed E-state index contributed by atoms with van der Waals surface area (Å²) in [7, 11) is 0. The Morgan fingerprint density at radius 1 is 1.29 bits per heavy atom. The summed E-state index contributed by atoms with van der Waals surface area (Å²) in [4.78, 5) is 11.4. The molecule has 0 saturated carbocycles. The molecule has 1 aromatic rings. The molecule has 0 spiro atoms. The summed E-state index contributed by atoms with van der Waals surface area (Å²) >= 11 is 0. The molecular weight excluding hydrogens is 264 g/mol. The maximum atomic E-state index is 5.83. The number of anilines is 2. The second kappa shape index (κ2) is 7.07. The standard InChI is InChI=1S/C16H28N4O/c1-6-7-17-15-14(11(2)3)16(19-10-18-15)20-8-12(4)21-13(5)9-20/h10-13H,6-9H2,1-5H3,(H,17,18,19)/t12-,13+. The van der Waals surface area contributed by atoms with Gasteiger partial charge in [0.15, 0.2) is 0 Å². The number of nitrogens with zero attached hydrogens (tertiary/aromatic N) is 3. The monoisotopic (exact) mass is 292 g/mol. The van der Waals surface area contributed by atoms with Crippen molar-refractivity contribution in [3.63, 3.8) is 0 Å². The minimum Gasteiger partial charge on any atom is -0.372 e. The van der Waals surface area contributed by atoms with Crippen LogP contribution in [0, 0.1) is 0 Å². The van der Waals surface area contributed by atoms with E-state index < -0.39 is 0 Å². The molecule has 2 heterocycles. The molecule has 21 heavy (non-hydrogen) atoms. The lowest BCUT2D eigenvalue weighted by Gasteiger charge is -2.37. The molecule has 1 fully saturated rings. The van der Waals surface area contributed by atoms with Crippen molar-refractivity contribution in [2.24, 2.45) is 0 Å². The maximum absolute atomic E-state index is 5.83. The lowest BCUT2D eigenvalue weighted by Crippen LogP contribution is -2.46. The Hall–Kier alpha value is -1.36. The number of hydrogen-bond acceptors (Lipinski definition) is 5. The molecule has 0 unspecified atom stereocenters. The first-order valence-corrected chi connectivity index (χ1v) is 8.02. The number of nitrogens with one attached hydrogen (secondary N) is 1. The van der Waals surface area contributed by atoms with Crippen molar-refractivity contribution in [1.82, 2.24) is 9.97 Å². The molecule has 0 bridgehead atoms. The molecule has 5 nitrogen and oxygen atoms in total. The number of rotatable bonds is 5.